The summed E-state index contributed by atoms with van der Waals surface area (Å²) < 4.78 is 13.0. The number of imidazole rings is 1. The number of hydrogen-bond donors (Lipinski definition) is 1. The highest BCUT2D eigenvalue weighted by molar-refractivity contribution is 5.64. The first-order valence-electron chi connectivity index (χ1n) is 10.3. The molecule has 0 spiro atoms. The molecule has 158 valence electrons. The Labute approximate surface area is 176 Å². The van der Waals surface area contributed by atoms with E-state index in [9.17, 15) is 0 Å². The molecule has 2 aliphatic rings. The van der Waals surface area contributed by atoms with Crippen molar-refractivity contribution < 1.29 is 9.47 Å². The van der Waals surface area contributed by atoms with E-state index in [2.05, 4.69) is 25.2 Å². The normalized spacial score (nSPS) is 14.6. The van der Waals surface area contributed by atoms with Crippen molar-refractivity contribution in [2.45, 2.75) is 32.6 Å². The first-order chi connectivity index (χ1) is 14.6. The van der Waals surface area contributed by atoms with Crippen LogP contribution >= 0.6 is 0 Å². The van der Waals surface area contributed by atoms with Gasteiger partial charge < -0.3 is 24.3 Å². The summed E-state index contributed by atoms with van der Waals surface area (Å²) in [6, 6.07) is 5.83. The number of fused-ring (bicyclic) bond motifs is 1. The lowest BCUT2D eigenvalue weighted by Gasteiger charge is -2.26. The zero-order valence-electron chi connectivity index (χ0n) is 17.8. The van der Waals surface area contributed by atoms with Crippen molar-refractivity contribution in [3.63, 3.8) is 0 Å². The Morgan fingerprint density at radius 3 is 2.60 bits per heavy atom. The van der Waals surface area contributed by atoms with Crippen LogP contribution in [-0.4, -0.2) is 46.8 Å². The van der Waals surface area contributed by atoms with Crippen molar-refractivity contribution in [3.8, 4) is 17.2 Å². The van der Waals surface area contributed by atoms with Gasteiger partial charge in [0.05, 0.1) is 37.6 Å². The molecule has 0 radical (unpaired) electrons. The number of nitrogens with zero attached hydrogens (tertiary/aromatic N) is 5. The Balaban J connectivity index is 0.000000489. The topological polar surface area (TPSA) is 77.3 Å². The average Bonchev–Trinajstić information content (AvgIpc) is 3.13. The van der Waals surface area contributed by atoms with Gasteiger partial charge in [-0.3, -0.25) is 0 Å². The molecule has 0 bridgehead atoms. The number of ether oxygens (including phenoxy) is 2. The molecule has 8 heteroatoms. The number of hydrogen-bond acceptors (Lipinski definition) is 7. The predicted octanol–water partition coefficient (Wildman–Crippen LogP) is 4.11. The summed E-state index contributed by atoms with van der Waals surface area (Å²) in [6.45, 7) is 3.40. The summed E-state index contributed by atoms with van der Waals surface area (Å²) in [4.78, 5) is 15.2. The zero-order valence-corrected chi connectivity index (χ0v) is 17.8. The van der Waals surface area contributed by atoms with E-state index in [1.54, 1.807) is 19.6 Å². The first kappa shape index (κ1) is 20.0. The molecule has 2 aromatic heterocycles. The minimum Gasteiger partial charge on any atom is -0.494 e. The van der Waals surface area contributed by atoms with Gasteiger partial charge in [-0.25, -0.2) is 9.97 Å². The number of nitrogens with one attached hydrogen (secondary N) is 1. The summed E-state index contributed by atoms with van der Waals surface area (Å²) >= 11 is 0. The quantitative estimate of drug-likeness (QED) is 0.696. The fraction of sp³-hybridized carbons (Fsp3) is 0.409. The molecule has 1 fully saturated rings. The second-order valence-electron chi connectivity index (χ2n) is 7.50. The van der Waals surface area contributed by atoms with Gasteiger partial charge in [0.2, 0.25) is 5.95 Å². The lowest BCUT2D eigenvalue weighted by atomic mass is 10.0. The third-order valence-corrected chi connectivity index (χ3v) is 5.21. The number of benzene rings is 1. The predicted molar refractivity (Wildman–Crippen MR) is 117 cm³/mol. The van der Waals surface area contributed by atoms with Crippen LogP contribution in [0.1, 0.15) is 31.4 Å². The molecule has 0 saturated heterocycles. The molecule has 1 saturated carbocycles. The van der Waals surface area contributed by atoms with Gasteiger partial charge in [0, 0.05) is 25.0 Å². The SMILES string of the molecule is C1CCC1.COc1cc(Nc2ncc3c(n2)N(C)CCO3)ccc1-n1cnc(C)c1. The van der Waals surface area contributed by atoms with E-state index >= 15 is 0 Å². The van der Waals surface area contributed by atoms with E-state index in [1.807, 2.05) is 42.9 Å². The summed E-state index contributed by atoms with van der Waals surface area (Å²) in [5, 5.41) is 3.22. The lowest BCUT2D eigenvalue weighted by Crippen LogP contribution is -2.30. The van der Waals surface area contributed by atoms with E-state index in [0.29, 0.717) is 18.3 Å². The van der Waals surface area contributed by atoms with E-state index in [-0.39, 0.29) is 0 Å². The minimum absolute atomic E-state index is 0.509. The van der Waals surface area contributed by atoms with Crippen molar-refractivity contribution >= 4 is 17.5 Å². The van der Waals surface area contributed by atoms with Crippen LogP contribution in [0.4, 0.5) is 17.5 Å². The van der Waals surface area contributed by atoms with E-state index in [4.69, 9.17) is 9.47 Å². The Kier molecular flexibility index (Phi) is 6.02. The van der Waals surface area contributed by atoms with Gasteiger partial charge in [-0.05, 0) is 19.1 Å². The molecule has 1 aromatic carbocycles. The summed E-state index contributed by atoms with van der Waals surface area (Å²) in [7, 11) is 3.64. The number of likely N-dealkylation sites (N-methyl/N-ethyl adjacent to an activating group) is 1. The minimum atomic E-state index is 0.509. The molecule has 1 aliphatic heterocycles. The molecule has 0 amide bonds. The number of anilines is 3. The van der Waals surface area contributed by atoms with E-state index in [0.717, 1.165) is 35.2 Å². The van der Waals surface area contributed by atoms with Gasteiger partial charge in [-0.2, -0.15) is 4.98 Å². The summed E-state index contributed by atoms with van der Waals surface area (Å²) in [6.07, 6.45) is 11.4. The second kappa shape index (κ2) is 9.02. The maximum Gasteiger partial charge on any atom is 0.229 e. The van der Waals surface area contributed by atoms with Crippen molar-refractivity contribution in [3.05, 3.63) is 42.6 Å². The van der Waals surface area contributed by atoms with Crippen LogP contribution in [0.15, 0.2) is 36.9 Å². The third-order valence-electron chi connectivity index (χ3n) is 5.21. The van der Waals surface area contributed by atoms with Gasteiger partial charge in [0.15, 0.2) is 11.6 Å². The van der Waals surface area contributed by atoms with Gasteiger partial charge in [0.25, 0.3) is 0 Å². The molecule has 3 heterocycles. The lowest BCUT2D eigenvalue weighted by molar-refractivity contribution is 0.307. The number of rotatable bonds is 4. The van der Waals surface area contributed by atoms with Crippen LogP contribution in [0.5, 0.6) is 11.5 Å². The van der Waals surface area contributed by atoms with Crippen LogP contribution in [0.3, 0.4) is 0 Å². The van der Waals surface area contributed by atoms with Crippen LogP contribution < -0.4 is 19.7 Å². The molecule has 3 aromatic rings. The average molecular weight is 409 g/mol. The highest BCUT2D eigenvalue weighted by Crippen LogP contribution is 2.31. The van der Waals surface area contributed by atoms with Crippen LogP contribution in [-0.2, 0) is 0 Å². The van der Waals surface area contributed by atoms with Crippen LogP contribution in [0, 0.1) is 6.92 Å². The fourth-order valence-corrected chi connectivity index (χ4v) is 3.10. The Morgan fingerprint density at radius 1 is 1.13 bits per heavy atom. The number of aromatic nitrogens is 4. The van der Waals surface area contributed by atoms with Gasteiger partial charge in [-0.1, -0.05) is 25.7 Å². The van der Waals surface area contributed by atoms with Crippen molar-refractivity contribution in [2.24, 2.45) is 0 Å². The van der Waals surface area contributed by atoms with E-state index in [1.165, 1.54) is 25.7 Å². The maximum absolute atomic E-state index is 5.58. The standard InChI is InChI=1S/C18H20N6O2.C4H8/c1-12-10-24(11-20-12)14-5-4-13(8-15(14)25-3)21-18-19-9-16-17(22-18)23(2)6-7-26-16;1-2-4-3-1/h4-5,8-11H,6-7H2,1-3H3,(H,19,21,22);1-4H2. The smallest absolute Gasteiger partial charge is 0.229 e. The van der Waals surface area contributed by atoms with Crippen molar-refractivity contribution in [1.29, 1.82) is 0 Å². The van der Waals surface area contributed by atoms with Crippen molar-refractivity contribution in [2.75, 3.05) is 37.5 Å². The zero-order chi connectivity index (χ0) is 20.9. The van der Waals surface area contributed by atoms with Crippen molar-refractivity contribution in [1.82, 2.24) is 19.5 Å². The number of aryl methyl sites for hydroxylation is 1. The molecule has 30 heavy (non-hydrogen) atoms. The largest absolute Gasteiger partial charge is 0.494 e. The summed E-state index contributed by atoms with van der Waals surface area (Å²) in [5.41, 5.74) is 2.70. The van der Waals surface area contributed by atoms with Gasteiger partial charge in [0.1, 0.15) is 12.4 Å². The molecule has 5 rings (SSSR count). The fourth-order valence-electron chi connectivity index (χ4n) is 3.10. The van der Waals surface area contributed by atoms with Crippen LogP contribution in [0.2, 0.25) is 0 Å². The van der Waals surface area contributed by atoms with Gasteiger partial charge in [-0.15, -0.1) is 0 Å². The number of methoxy groups -OCH3 is 1. The molecular weight excluding hydrogens is 380 g/mol. The molecular formula is C22H28N6O2. The Hall–Kier alpha value is -3.29. The molecule has 0 unspecified atom stereocenters. The summed E-state index contributed by atoms with van der Waals surface area (Å²) in [5.74, 6) is 2.72. The monoisotopic (exact) mass is 408 g/mol. The Morgan fingerprint density at radius 2 is 1.93 bits per heavy atom. The maximum atomic E-state index is 5.58. The first-order valence-corrected chi connectivity index (χ1v) is 10.3. The molecule has 0 atom stereocenters. The molecule has 1 N–H and O–H groups in total. The third kappa shape index (κ3) is 4.48. The van der Waals surface area contributed by atoms with Crippen LogP contribution in [0.25, 0.3) is 5.69 Å². The second-order valence-corrected chi connectivity index (χ2v) is 7.50. The molecule has 8 nitrogen and oxygen atoms in total. The highest BCUT2D eigenvalue weighted by Gasteiger charge is 2.18. The Bertz CT molecular complexity index is 995. The highest BCUT2D eigenvalue weighted by atomic mass is 16.5. The molecule has 1 aliphatic carbocycles. The van der Waals surface area contributed by atoms with E-state index < -0.39 is 0 Å². The van der Waals surface area contributed by atoms with Gasteiger partial charge >= 0.3 is 0 Å².